The summed E-state index contributed by atoms with van der Waals surface area (Å²) in [6.45, 7) is 6.88. The number of aliphatic imine (C=N–C) groups is 1. The van der Waals surface area contributed by atoms with Gasteiger partial charge in [-0.1, -0.05) is 6.07 Å². The molecule has 188 valence electrons. The molecule has 11 heteroatoms. The molecule has 0 atom stereocenters. The smallest absolute Gasteiger partial charge is 0.229 e. The number of hydrogen-bond donors (Lipinski definition) is 2. The largest absolute Gasteiger partial charge is 0.497 e. The van der Waals surface area contributed by atoms with Gasteiger partial charge in [0.2, 0.25) is 17.0 Å². The Morgan fingerprint density at radius 1 is 0.944 bits per heavy atom. The Kier molecular flexibility index (Phi) is 8.11. The first-order chi connectivity index (χ1) is 17.4. The minimum absolute atomic E-state index is 0.264. The maximum Gasteiger partial charge on any atom is 0.229 e. The Morgan fingerprint density at radius 2 is 1.69 bits per heavy atom. The van der Waals surface area contributed by atoms with E-state index in [1.54, 1.807) is 14.2 Å². The molecule has 36 heavy (non-hydrogen) atoms. The zero-order chi connectivity index (χ0) is 25.5. The van der Waals surface area contributed by atoms with Crippen molar-refractivity contribution in [1.29, 1.82) is 0 Å². The molecule has 1 aromatic carbocycles. The molecule has 0 radical (unpaired) electrons. The number of methoxy groups -OCH3 is 2. The van der Waals surface area contributed by atoms with Gasteiger partial charge in [0.15, 0.2) is 0 Å². The predicted molar refractivity (Wildman–Crippen MR) is 146 cm³/mol. The lowest BCUT2D eigenvalue weighted by Gasteiger charge is -2.36. The second-order valence-corrected chi connectivity index (χ2v) is 8.58. The van der Waals surface area contributed by atoms with Crippen LogP contribution in [0.3, 0.4) is 0 Å². The first kappa shape index (κ1) is 25.1. The topological polar surface area (TPSA) is 100 Å². The highest BCUT2D eigenvalue weighted by atomic mass is 32.1. The molecule has 0 aliphatic carbocycles. The molecule has 1 fully saturated rings. The summed E-state index contributed by atoms with van der Waals surface area (Å²) >= 11 is 5.61. The van der Waals surface area contributed by atoms with Crippen LogP contribution in [0.4, 0.5) is 17.5 Å². The second-order valence-electron chi connectivity index (χ2n) is 8.19. The van der Waals surface area contributed by atoms with Gasteiger partial charge in [0.05, 0.1) is 19.9 Å². The number of aromatic nitrogens is 3. The van der Waals surface area contributed by atoms with E-state index in [4.69, 9.17) is 26.7 Å². The lowest BCUT2D eigenvalue weighted by atomic mass is 10.2. The Hall–Kier alpha value is -3.99. The normalized spacial score (nSPS) is 13.8. The van der Waals surface area contributed by atoms with Crippen LogP contribution < -0.4 is 25.0 Å². The summed E-state index contributed by atoms with van der Waals surface area (Å²) in [5, 5.41) is 6.71. The molecule has 2 N–H and O–H groups in total. The fraction of sp³-hybridized carbons (Fsp3) is 0.320. The molecular weight excluding hydrogens is 476 g/mol. The Balaban J connectivity index is 1.56. The van der Waals surface area contributed by atoms with Crippen LogP contribution in [-0.4, -0.2) is 71.3 Å². The summed E-state index contributed by atoms with van der Waals surface area (Å²) in [7, 11) is 3.21. The van der Waals surface area contributed by atoms with Crippen molar-refractivity contribution < 1.29 is 9.47 Å². The summed E-state index contributed by atoms with van der Waals surface area (Å²) in [6, 6.07) is 13.3. The Labute approximate surface area is 216 Å². The van der Waals surface area contributed by atoms with Gasteiger partial charge < -0.3 is 24.6 Å². The number of piperazine rings is 1. The highest BCUT2D eigenvalue weighted by Gasteiger charge is 2.22. The summed E-state index contributed by atoms with van der Waals surface area (Å²) in [5.41, 5.74) is 2.39. The third-order valence-electron chi connectivity index (χ3n) is 5.61. The van der Waals surface area contributed by atoms with E-state index >= 15 is 0 Å². The number of pyridine rings is 1. The van der Waals surface area contributed by atoms with Crippen LogP contribution in [0.1, 0.15) is 11.4 Å². The van der Waals surface area contributed by atoms with E-state index < -0.39 is 0 Å². The average Bonchev–Trinajstić information content (AvgIpc) is 2.88. The van der Waals surface area contributed by atoms with E-state index in [2.05, 4.69) is 35.4 Å². The van der Waals surface area contributed by atoms with Gasteiger partial charge in [0, 0.05) is 49.8 Å². The van der Waals surface area contributed by atoms with E-state index in [1.165, 1.54) is 0 Å². The van der Waals surface area contributed by atoms with Crippen LogP contribution in [0.15, 0.2) is 53.7 Å². The van der Waals surface area contributed by atoms with E-state index in [0.717, 1.165) is 43.4 Å². The maximum atomic E-state index is 5.61. The van der Waals surface area contributed by atoms with Crippen molar-refractivity contribution >= 4 is 40.7 Å². The molecule has 10 nitrogen and oxygen atoms in total. The van der Waals surface area contributed by atoms with E-state index in [0.29, 0.717) is 29.1 Å². The molecule has 3 aromatic rings. The molecule has 0 saturated carbocycles. The van der Waals surface area contributed by atoms with Crippen molar-refractivity contribution in [2.75, 3.05) is 55.9 Å². The molecule has 3 heterocycles. The third-order valence-corrected chi connectivity index (χ3v) is 5.81. The van der Waals surface area contributed by atoms with Crippen LogP contribution in [0.5, 0.6) is 11.5 Å². The van der Waals surface area contributed by atoms with Crippen molar-refractivity contribution in [2.45, 2.75) is 13.8 Å². The van der Waals surface area contributed by atoms with Crippen molar-refractivity contribution in [3.8, 4) is 11.5 Å². The number of hydrogen-bond acceptors (Lipinski definition) is 7. The van der Waals surface area contributed by atoms with E-state index in [9.17, 15) is 0 Å². The monoisotopic (exact) mass is 506 g/mol. The number of nitrogens with zero attached hydrogens (tertiary/aromatic N) is 6. The number of ether oxygens (including phenoxy) is 2. The lowest BCUT2D eigenvalue weighted by molar-refractivity contribution is 0.384. The summed E-state index contributed by atoms with van der Waals surface area (Å²) < 4.78 is 10.8. The molecule has 0 spiro atoms. The number of rotatable bonds is 5. The molecule has 0 bridgehead atoms. The zero-order valence-corrected chi connectivity index (χ0v) is 21.7. The van der Waals surface area contributed by atoms with Crippen LogP contribution in [0, 0.1) is 13.8 Å². The molecule has 0 unspecified atom stereocenters. The molecule has 2 aromatic heterocycles. The van der Waals surface area contributed by atoms with Crippen molar-refractivity contribution in [3.05, 3.63) is 60.0 Å². The summed E-state index contributed by atoms with van der Waals surface area (Å²) in [6.07, 6.45) is 1.81. The van der Waals surface area contributed by atoms with Crippen LogP contribution in [-0.2, 0) is 0 Å². The third kappa shape index (κ3) is 6.36. The Morgan fingerprint density at radius 3 is 2.33 bits per heavy atom. The number of benzene rings is 1. The van der Waals surface area contributed by atoms with Gasteiger partial charge in [-0.25, -0.2) is 15.0 Å². The Bertz CT molecular complexity index is 1210. The number of anilines is 3. The number of aryl methyl sites for hydroxylation is 2. The lowest BCUT2D eigenvalue weighted by Crippen LogP contribution is -2.51. The standard InChI is InChI=1S/C25H30N8O2S/c1-17-15-18(2)28-23(27-17)30-24(33-13-11-32(12-14-33)22-7-5-6-10-26-22)31-25(36)29-20-16-19(34-3)8-9-21(20)35-4/h5-10,15-16H,11-14H2,1-4H3,(H2,27,28,29,30,31,36). The molecule has 1 aliphatic rings. The highest BCUT2D eigenvalue weighted by molar-refractivity contribution is 7.80. The van der Waals surface area contributed by atoms with Crippen molar-refractivity contribution in [1.82, 2.24) is 19.9 Å². The average molecular weight is 507 g/mol. The quantitative estimate of drug-likeness (QED) is 0.304. The molecule has 4 rings (SSSR count). The fourth-order valence-corrected chi connectivity index (χ4v) is 4.10. The number of nitrogens with one attached hydrogen (secondary N) is 2. The number of guanidine groups is 1. The fourth-order valence-electron chi connectivity index (χ4n) is 3.90. The molecular formula is C25H30N8O2S. The summed E-state index contributed by atoms with van der Waals surface area (Å²) in [4.78, 5) is 22.6. The minimum Gasteiger partial charge on any atom is -0.497 e. The first-order valence-electron chi connectivity index (χ1n) is 11.6. The molecule has 0 amide bonds. The molecule has 1 aliphatic heterocycles. The van der Waals surface area contributed by atoms with E-state index in [1.807, 2.05) is 62.5 Å². The summed E-state index contributed by atoms with van der Waals surface area (Å²) in [5.74, 6) is 3.31. The van der Waals surface area contributed by atoms with Crippen molar-refractivity contribution in [2.24, 2.45) is 4.99 Å². The van der Waals surface area contributed by atoms with Gasteiger partial charge in [-0.2, -0.15) is 4.99 Å². The van der Waals surface area contributed by atoms with Gasteiger partial charge in [-0.3, -0.25) is 5.32 Å². The zero-order valence-electron chi connectivity index (χ0n) is 20.9. The van der Waals surface area contributed by atoms with E-state index in [-0.39, 0.29) is 5.11 Å². The van der Waals surface area contributed by atoms with Gasteiger partial charge in [-0.05, 0) is 56.4 Å². The SMILES string of the molecule is COc1ccc(OC)c(NC(=S)/N=C(\Nc2nc(C)cc(C)n2)N2CCN(c3ccccn3)CC2)c1. The van der Waals surface area contributed by atoms with Crippen LogP contribution >= 0.6 is 12.2 Å². The molecule has 1 saturated heterocycles. The maximum absolute atomic E-state index is 5.61. The predicted octanol–water partition coefficient (Wildman–Crippen LogP) is 3.49. The highest BCUT2D eigenvalue weighted by Crippen LogP contribution is 2.29. The van der Waals surface area contributed by atoms with Crippen LogP contribution in [0.25, 0.3) is 0 Å². The minimum atomic E-state index is 0.264. The van der Waals surface area contributed by atoms with Gasteiger partial charge in [0.1, 0.15) is 17.3 Å². The van der Waals surface area contributed by atoms with Crippen LogP contribution in [0.2, 0.25) is 0 Å². The first-order valence-corrected chi connectivity index (χ1v) is 12.0. The van der Waals surface area contributed by atoms with Gasteiger partial charge in [-0.15, -0.1) is 0 Å². The van der Waals surface area contributed by atoms with Gasteiger partial charge >= 0.3 is 0 Å². The number of thiocarbonyl (C=S) groups is 1. The van der Waals surface area contributed by atoms with Crippen molar-refractivity contribution in [3.63, 3.8) is 0 Å². The second kappa shape index (κ2) is 11.6. The van der Waals surface area contributed by atoms with Gasteiger partial charge in [0.25, 0.3) is 0 Å².